The van der Waals surface area contributed by atoms with Crippen LogP contribution in [0.5, 0.6) is 0 Å². The molecule has 1 aromatic heterocycles. The third-order valence-electron chi connectivity index (χ3n) is 2.26. The number of carbonyl (C=O) groups excluding carboxylic acids is 1. The Labute approximate surface area is 92.8 Å². The number of hydrogen-bond acceptors (Lipinski definition) is 2. The first-order valence-corrected chi connectivity index (χ1v) is 4.88. The number of benzene rings is 1. The molecule has 0 N–H and O–H groups in total. The molecule has 0 saturated carbocycles. The first-order valence-electron chi connectivity index (χ1n) is 4.88. The van der Waals surface area contributed by atoms with Crippen molar-refractivity contribution < 1.29 is 9.18 Å². The molecule has 80 valence electrons. The molecule has 2 nitrogen and oxygen atoms in total. The van der Waals surface area contributed by atoms with Gasteiger partial charge in [0.15, 0.2) is 0 Å². The SMILES string of the molecule is Cc1cc(C=O)cc(-c2ccc(F)cn2)c1. The molecule has 0 unspecified atom stereocenters. The second-order valence-corrected chi connectivity index (χ2v) is 3.61. The van der Waals surface area contributed by atoms with Gasteiger partial charge in [-0.2, -0.15) is 0 Å². The lowest BCUT2D eigenvalue weighted by molar-refractivity contribution is 0.112. The van der Waals surface area contributed by atoms with E-state index in [1.54, 1.807) is 18.2 Å². The van der Waals surface area contributed by atoms with Crippen LogP contribution in [0.25, 0.3) is 11.3 Å². The van der Waals surface area contributed by atoms with Gasteiger partial charge >= 0.3 is 0 Å². The Morgan fingerprint density at radius 1 is 1.25 bits per heavy atom. The summed E-state index contributed by atoms with van der Waals surface area (Å²) in [4.78, 5) is 14.7. The van der Waals surface area contributed by atoms with Crippen molar-refractivity contribution in [2.75, 3.05) is 0 Å². The summed E-state index contributed by atoms with van der Waals surface area (Å²) in [6.07, 6.45) is 1.96. The second-order valence-electron chi connectivity index (χ2n) is 3.61. The number of nitrogens with zero attached hydrogens (tertiary/aromatic N) is 1. The molecule has 0 aliphatic carbocycles. The molecule has 3 heteroatoms. The maximum atomic E-state index is 12.7. The van der Waals surface area contributed by atoms with Gasteiger partial charge in [0.2, 0.25) is 0 Å². The Morgan fingerprint density at radius 2 is 2.06 bits per heavy atom. The van der Waals surface area contributed by atoms with Crippen molar-refractivity contribution in [2.24, 2.45) is 0 Å². The van der Waals surface area contributed by atoms with Gasteiger partial charge in [-0.05, 0) is 42.8 Å². The highest BCUT2D eigenvalue weighted by Gasteiger charge is 2.02. The molecule has 0 aliphatic rings. The Balaban J connectivity index is 2.51. The summed E-state index contributed by atoms with van der Waals surface area (Å²) in [5.74, 6) is -0.369. The molecular weight excluding hydrogens is 205 g/mol. The van der Waals surface area contributed by atoms with Crippen molar-refractivity contribution >= 4 is 6.29 Å². The quantitative estimate of drug-likeness (QED) is 0.721. The van der Waals surface area contributed by atoms with Crippen LogP contribution in [0, 0.1) is 12.7 Å². The van der Waals surface area contributed by atoms with Crippen LogP contribution in [0.1, 0.15) is 15.9 Å². The molecule has 0 amide bonds. The van der Waals surface area contributed by atoms with E-state index in [2.05, 4.69) is 4.98 Å². The largest absolute Gasteiger partial charge is 0.298 e. The van der Waals surface area contributed by atoms with E-state index in [0.717, 1.165) is 23.6 Å². The van der Waals surface area contributed by atoms with E-state index < -0.39 is 0 Å². The van der Waals surface area contributed by atoms with E-state index in [1.807, 2.05) is 13.0 Å². The number of pyridine rings is 1. The van der Waals surface area contributed by atoms with E-state index in [9.17, 15) is 9.18 Å². The molecule has 1 aromatic carbocycles. The Kier molecular flexibility index (Phi) is 2.77. The average Bonchev–Trinajstić information content (AvgIpc) is 2.29. The fourth-order valence-electron chi connectivity index (χ4n) is 1.58. The van der Waals surface area contributed by atoms with Crippen molar-refractivity contribution in [3.8, 4) is 11.3 Å². The number of halogens is 1. The molecule has 2 aromatic rings. The molecule has 16 heavy (non-hydrogen) atoms. The highest BCUT2D eigenvalue weighted by molar-refractivity contribution is 5.78. The second kappa shape index (κ2) is 4.23. The minimum absolute atomic E-state index is 0.369. The van der Waals surface area contributed by atoms with Crippen LogP contribution in [0.4, 0.5) is 4.39 Å². The van der Waals surface area contributed by atoms with Crippen LogP contribution in [-0.4, -0.2) is 11.3 Å². The molecule has 0 atom stereocenters. The van der Waals surface area contributed by atoms with Gasteiger partial charge in [0.05, 0.1) is 11.9 Å². The lowest BCUT2D eigenvalue weighted by atomic mass is 10.0. The highest BCUT2D eigenvalue weighted by atomic mass is 19.1. The Morgan fingerprint density at radius 3 is 2.69 bits per heavy atom. The Bertz CT molecular complexity index is 520. The predicted molar refractivity (Wildman–Crippen MR) is 59.8 cm³/mol. The highest BCUT2D eigenvalue weighted by Crippen LogP contribution is 2.19. The zero-order valence-electron chi connectivity index (χ0n) is 8.77. The summed E-state index contributed by atoms with van der Waals surface area (Å²) >= 11 is 0. The maximum absolute atomic E-state index is 12.7. The molecule has 1 heterocycles. The molecule has 0 bridgehead atoms. The zero-order valence-corrected chi connectivity index (χ0v) is 8.77. The van der Waals surface area contributed by atoms with Crippen molar-refractivity contribution in [3.05, 3.63) is 53.5 Å². The van der Waals surface area contributed by atoms with E-state index >= 15 is 0 Å². The van der Waals surface area contributed by atoms with Gasteiger partial charge in [-0.15, -0.1) is 0 Å². The van der Waals surface area contributed by atoms with Gasteiger partial charge in [0.25, 0.3) is 0 Å². The molecule has 0 aliphatic heterocycles. The number of rotatable bonds is 2. The summed E-state index contributed by atoms with van der Waals surface area (Å²) in [5, 5.41) is 0. The van der Waals surface area contributed by atoms with Gasteiger partial charge in [-0.25, -0.2) is 4.39 Å². The first-order chi connectivity index (χ1) is 7.69. The third kappa shape index (κ3) is 2.14. The summed E-state index contributed by atoms with van der Waals surface area (Å²) in [6.45, 7) is 1.90. The van der Waals surface area contributed by atoms with Gasteiger partial charge in [0, 0.05) is 11.1 Å². The molecule has 0 saturated heterocycles. The zero-order chi connectivity index (χ0) is 11.5. The monoisotopic (exact) mass is 215 g/mol. The van der Waals surface area contributed by atoms with Gasteiger partial charge in [-0.1, -0.05) is 0 Å². The minimum atomic E-state index is -0.369. The fourth-order valence-corrected chi connectivity index (χ4v) is 1.58. The number of aryl methyl sites for hydroxylation is 1. The summed E-state index contributed by atoms with van der Waals surface area (Å²) in [5.41, 5.74) is 3.06. The van der Waals surface area contributed by atoms with E-state index in [4.69, 9.17) is 0 Å². The number of hydrogen-bond donors (Lipinski definition) is 0. The van der Waals surface area contributed by atoms with Crippen LogP contribution < -0.4 is 0 Å². The third-order valence-corrected chi connectivity index (χ3v) is 2.26. The molecule has 2 rings (SSSR count). The van der Waals surface area contributed by atoms with Gasteiger partial charge in [0.1, 0.15) is 12.1 Å². The molecule has 0 spiro atoms. The van der Waals surface area contributed by atoms with Crippen LogP contribution in [0.15, 0.2) is 36.5 Å². The lowest BCUT2D eigenvalue weighted by Gasteiger charge is -2.03. The number of aromatic nitrogens is 1. The van der Waals surface area contributed by atoms with E-state index in [-0.39, 0.29) is 5.82 Å². The molecular formula is C13H10FNO. The fraction of sp³-hybridized carbons (Fsp3) is 0.0769. The molecule has 0 fully saturated rings. The smallest absolute Gasteiger partial charge is 0.150 e. The van der Waals surface area contributed by atoms with Crippen LogP contribution in [0.3, 0.4) is 0 Å². The van der Waals surface area contributed by atoms with Crippen LogP contribution in [0.2, 0.25) is 0 Å². The van der Waals surface area contributed by atoms with Crippen molar-refractivity contribution in [2.45, 2.75) is 6.92 Å². The minimum Gasteiger partial charge on any atom is -0.298 e. The van der Waals surface area contributed by atoms with Crippen LogP contribution in [-0.2, 0) is 0 Å². The molecule has 0 radical (unpaired) electrons. The van der Waals surface area contributed by atoms with Crippen molar-refractivity contribution in [3.63, 3.8) is 0 Å². The normalized spacial score (nSPS) is 10.1. The predicted octanol–water partition coefficient (Wildman–Crippen LogP) is 3.01. The first kappa shape index (κ1) is 10.5. The van der Waals surface area contributed by atoms with E-state index in [1.165, 1.54) is 6.07 Å². The maximum Gasteiger partial charge on any atom is 0.150 e. The van der Waals surface area contributed by atoms with Crippen molar-refractivity contribution in [1.29, 1.82) is 0 Å². The van der Waals surface area contributed by atoms with Gasteiger partial charge in [-0.3, -0.25) is 9.78 Å². The number of aldehydes is 1. The van der Waals surface area contributed by atoms with E-state index in [0.29, 0.717) is 11.3 Å². The summed E-state index contributed by atoms with van der Waals surface area (Å²) in [6, 6.07) is 8.39. The van der Waals surface area contributed by atoms with Crippen LogP contribution >= 0.6 is 0 Å². The Hall–Kier alpha value is -2.03. The lowest BCUT2D eigenvalue weighted by Crippen LogP contribution is -1.88. The average molecular weight is 215 g/mol. The number of carbonyl (C=O) groups is 1. The summed E-state index contributed by atoms with van der Waals surface area (Å²) < 4.78 is 12.7. The summed E-state index contributed by atoms with van der Waals surface area (Å²) in [7, 11) is 0. The van der Waals surface area contributed by atoms with Crippen molar-refractivity contribution in [1.82, 2.24) is 4.98 Å². The van der Waals surface area contributed by atoms with Gasteiger partial charge < -0.3 is 0 Å². The topological polar surface area (TPSA) is 30.0 Å². The standard InChI is InChI=1S/C13H10FNO/c1-9-4-10(8-16)6-11(5-9)13-3-2-12(14)7-15-13/h2-8H,1H3.